The van der Waals surface area contributed by atoms with Crippen LogP contribution in [0.5, 0.6) is 5.75 Å². The fourth-order valence-electron chi connectivity index (χ4n) is 6.38. The molecule has 0 spiro atoms. The number of Topliss-reactive ketones (excluding diaryl/α,β-unsaturated/α-hetero) is 4. The number of aliphatic hydroxyl groups is 1. The summed E-state index contributed by atoms with van der Waals surface area (Å²) in [7, 11) is 3.06. The van der Waals surface area contributed by atoms with Crippen LogP contribution in [0.4, 0.5) is 0 Å². The quantitative estimate of drug-likeness (QED) is 0.485. The van der Waals surface area contributed by atoms with E-state index in [-0.39, 0.29) is 23.4 Å². The van der Waals surface area contributed by atoms with Crippen molar-refractivity contribution >= 4 is 40.6 Å². The summed E-state index contributed by atoms with van der Waals surface area (Å²) in [5.74, 6) is -11.0. The van der Waals surface area contributed by atoms with E-state index in [1.807, 2.05) is 0 Å². The Kier molecular flexibility index (Phi) is 5.82. The number of ketones is 4. The zero-order valence-electron chi connectivity index (χ0n) is 20.0. The number of carbonyl (C=O) groups is 5. The molecule has 192 valence electrons. The molecule has 3 aliphatic carbocycles. The standard InChI is InChI=1S/C26H24ClN3O7/c1-30(2)20-14-7-11-6-13-17(15(31)8-12(19(13)27)10-4-3-5-29-9-10)21(32)16(11)23(34)26(14,37)24(35)18(22(20)33)25(28)36/h3-5,8-9,11,14,16,18,20,31,37H,6-7H2,1-2H3,(H2,28,36). The fraction of sp³-hybridized carbons (Fsp3) is 0.385. The van der Waals surface area contributed by atoms with Crippen molar-refractivity contribution in [3.05, 3.63) is 46.7 Å². The molecular weight excluding hydrogens is 502 g/mol. The first kappa shape index (κ1) is 25.2. The first-order valence-corrected chi connectivity index (χ1v) is 12.1. The number of halogens is 1. The highest BCUT2D eigenvalue weighted by Gasteiger charge is 2.69. The van der Waals surface area contributed by atoms with Crippen LogP contribution in [0.15, 0.2) is 30.6 Å². The van der Waals surface area contributed by atoms with Crippen molar-refractivity contribution in [1.82, 2.24) is 9.88 Å². The van der Waals surface area contributed by atoms with Gasteiger partial charge in [-0.05, 0) is 50.6 Å². The number of hydrogen-bond donors (Lipinski definition) is 3. The zero-order valence-corrected chi connectivity index (χ0v) is 20.7. The maximum Gasteiger partial charge on any atom is 0.235 e. The van der Waals surface area contributed by atoms with E-state index >= 15 is 0 Å². The summed E-state index contributed by atoms with van der Waals surface area (Å²) in [5.41, 5.74) is 3.82. The van der Waals surface area contributed by atoms with E-state index in [0.29, 0.717) is 16.7 Å². The van der Waals surface area contributed by atoms with Crippen LogP contribution >= 0.6 is 11.6 Å². The number of nitrogens with two attached hydrogens (primary N) is 1. The van der Waals surface area contributed by atoms with Gasteiger partial charge in [0.05, 0.1) is 22.5 Å². The summed E-state index contributed by atoms with van der Waals surface area (Å²) < 4.78 is 0. The Morgan fingerprint density at radius 1 is 1.22 bits per heavy atom. The van der Waals surface area contributed by atoms with Crippen LogP contribution in [-0.2, 0) is 25.6 Å². The van der Waals surface area contributed by atoms with Crippen LogP contribution in [0.3, 0.4) is 0 Å². The molecule has 1 heterocycles. The van der Waals surface area contributed by atoms with E-state index in [1.165, 1.54) is 25.1 Å². The number of amides is 1. The van der Waals surface area contributed by atoms with Crippen LogP contribution in [0.1, 0.15) is 22.3 Å². The molecule has 2 saturated carbocycles. The van der Waals surface area contributed by atoms with E-state index in [1.54, 1.807) is 24.5 Å². The fourth-order valence-corrected chi connectivity index (χ4v) is 6.72. The molecule has 0 radical (unpaired) electrons. The maximum absolute atomic E-state index is 13.8. The monoisotopic (exact) mass is 525 g/mol. The summed E-state index contributed by atoms with van der Waals surface area (Å²) in [6.45, 7) is 0. The van der Waals surface area contributed by atoms with Gasteiger partial charge in [-0.2, -0.15) is 0 Å². The first-order valence-electron chi connectivity index (χ1n) is 11.7. The number of benzene rings is 1. The lowest BCUT2D eigenvalue weighted by molar-refractivity contribution is -0.181. The topological polar surface area (TPSA) is 168 Å². The third-order valence-corrected chi connectivity index (χ3v) is 8.40. The van der Waals surface area contributed by atoms with Crippen LogP contribution in [0.25, 0.3) is 11.1 Å². The van der Waals surface area contributed by atoms with E-state index in [4.69, 9.17) is 17.3 Å². The van der Waals surface area contributed by atoms with Gasteiger partial charge in [-0.25, -0.2) is 0 Å². The van der Waals surface area contributed by atoms with Gasteiger partial charge in [-0.3, -0.25) is 33.9 Å². The molecule has 2 fully saturated rings. The lowest BCUT2D eigenvalue weighted by Gasteiger charge is -2.52. The zero-order chi connectivity index (χ0) is 27.0. The normalized spacial score (nSPS) is 31.1. The number of nitrogens with zero attached hydrogens (tertiary/aromatic N) is 2. The maximum atomic E-state index is 13.8. The lowest BCUT2D eigenvalue weighted by atomic mass is 9.52. The number of carbonyl (C=O) groups excluding carboxylic acids is 5. The highest BCUT2D eigenvalue weighted by molar-refractivity contribution is 6.36. The molecule has 0 bridgehead atoms. The number of aromatic nitrogens is 1. The van der Waals surface area contributed by atoms with E-state index in [9.17, 15) is 34.2 Å². The van der Waals surface area contributed by atoms with Crippen LogP contribution in [0, 0.1) is 23.7 Å². The number of aromatic hydroxyl groups is 1. The molecule has 6 atom stereocenters. The number of fused-ring (bicyclic) bond motifs is 3. The summed E-state index contributed by atoms with van der Waals surface area (Å²) in [6, 6.07) is 3.60. The number of rotatable bonds is 3. The number of likely N-dealkylation sites (N-methyl/N-ethyl adjacent to an activating group) is 1. The predicted octanol–water partition coefficient (Wildman–Crippen LogP) is 0.582. The molecule has 37 heavy (non-hydrogen) atoms. The van der Waals surface area contributed by atoms with E-state index < -0.39 is 70.1 Å². The SMILES string of the molecule is CN(C)C1C(=O)C(C(N)=O)C(=O)C2(O)C(=O)C3C(=O)c4c(O)cc(-c5cccnc5)c(Cl)c4CC3CC12. The Hall–Kier alpha value is -3.47. The van der Waals surface area contributed by atoms with Crippen molar-refractivity contribution in [3.8, 4) is 16.9 Å². The molecular formula is C26H24ClN3O7. The van der Waals surface area contributed by atoms with Crippen molar-refractivity contribution in [2.45, 2.75) is 24.5 Å². The van der Waals surface area contributed by atoms with Crippen LogP contribution < -0.4 is 5.73 Å². The van der Waals surface area contributed by atoms with Crippen LogP contribution in [-0.4, -0.2) is 74.9 Å². The molecule has 3 aliphatic rings. The second-order valence-electron chi connectivity index (χ2n) is 10.1. The average molecular weight is 526 g/mol. The van der Waals surface area contributed by atoms with Gasteiger partial charge in [0, 0.05) is 29.4 Å². The smallest absolute Gasteiger partial charge is 0.235 e. The molecule has 4 N–H and O–H groups in total. The van der Waals surface area contributed by atoms with Gasteiger partial charge >= 0.3 is 0 Å². The highest BCUT2D eigenvalue weighted by Crippen LogP contribution is 2.52. The molecule has 0 aliphatic heterocycles. The minimum absolute atomic E-state index is 0.0435. The molecule has 0 saturated heterocycles. The Morgan fingerprint density at radius 2 is 1.92 bits per heavy atom. The highest BCUT2D eigenvalue weighted by atomic mass is 35.5. The average Bonchev–Trinajstić information content (AvgIpc) is 2.83. The van der Waals surface area contributed by atoms with Crippen molar-refractivity contribution < 1.29 is 34.2 Å². The van der Waals surface area contributed by atoms with Gasteiger partial charge in [-0.1, -0.05) is 17.7 Å². The Labute approximate surface area is 216 Å². The van der Waals surface area contributed by atoms with Crippen molar-refractivity contribution in [2.75, 3.05) is 14.1 Å². The lowest BCUT2D eigenvalue weighted by Crippen LogP contribution is -2.74. The Morgan fingerprint density at radius 3 is 2.51 bits per heavy atom. The van der Waals surface area contributed by atoms with Gasteiger partial charge < -0.3 is 15.9 Å². The number of phenols is 1. The van der Waals surface area contributed by atoms with E-state index in [2.05, 4.69) is 4.98 Å². The summed E-state index contributed by atoms with van der Waals surface area (Å²) in [5, 5.41) is 22.6. The van der Waals surface area contributed by atoms with Gasteiger partial charge in [0.2, 0.25) is 5.91 Å². The molecule has 11 heteroatoms. The molecule has 10 nitrogen and oxygen atoms in total. The Balaban J connectivity index is 1.65. The van der Waals surface area contributed by atoms with Gasteiger partial charge in [0.25, 0.3) is 0 Å². The van der Waals surface area contributed by atoms with Crippen LogP contribution in [0.2, 0.25) is 5.02 Å². The minimum Gasteiger partial charge on any atom is -0.507 e. The second-order valence-corrected chi connectivity index (χ2v) is 10.5. The number of primary amides is 1. The summed E-state index contributed by atoms with van der Waals surface area (Å²) in [4.78, 5) is 71.4. The van der Waals surface area contributed by atoms with Crippen molar-refractivity contribution in [3.63, 3.8) is 0 Å². The van der Waals surface area contributed by atoms with Crippen molar-refractivity contribution in [1.29, 1.82) is 0 Å². The first-order chi connectivity index (χ1) is 17.4. The number of phenolic OH excluding ortho intramolecular Hbond substituents is 1. The van der Waals surface area contributed by atoms with E-state index in [0.717, 1.165) is 0 Å². The third kappa shape index (κ3) is 3.39. The predicted molar refractivity (Wildman–Crippen MR) is 130 cm³/mol. The Bertz CT molecular complexity index is 1390. The molecule has 1 aromatic heterocycles. The minimum atomic E-state index is -2.76. The third-order valence-electron chi connectivity index (χ3n) is 7.97. The van der Waals surface area contributed by atoms with Gasteiger partial charge in [0.15, 0.2) is 34.7 Å². The van der Waals surface area contributed by atoms with Gasteiger partial charge in [-0.15, -0.1) is 0 Å². The van der Waals surface area contributed by atoms with Gasteiger partial charge in [0.1, 0.15) is 5.75 Å². The largest absolute Gasteiger partial charge is 0.507 e. The van der Waals surface area contributed by atoms with Crippen molar-refractivity contribution in [2.24, 2.45) is 29.4 Å². The second kappa shape index (κ2) is 8.54. The number of pyridine rings is 1. The molecule has 5 rings (SSSR count). The summed E-state index contributed by atoms with van der Waals surface area (Å²) in [6.07, 6.45) is 3.18. The molecule has 1 aromatic carbocycles. The summed E-state index contributed by atoms with van der Waals surface area (Å²) >= 11 is 6.72. The molecule has 2 aromatic rings. The number of hydrogen-bond acceptors (Lipinski definition) is 9. The molecule has 1 amide bonds. The molecule has 6 unspecified atom stereocenters.